The van der Waals surface area contributed by atoms with Crippen LogP contribution in [0.25, 0.3) is 16.5 Å². The van der Waals surface area contributed by atoms with E-state index >= 15 is 0 Å². The Labute approximate surface area is 205 Å². The Balaban J connectivity index is 1.59. The van der Waals surface area contributed by atoms with Crippen LogP contribution >= 0.6 is 0 Å². The molecule has 5 rings (SSSR count). The quantitative estimate of drug-likeness (QED) is 0.566. The van der Waals surface area contributed by atoms with Gasteiger partial charge in [0, 0.05) is 50.1 Å². The number of allylic oxidation sites excluding steroid dienone is 1. The Kier molecular flexibility index (Phi) is 6.25. The minimum atomic E-state index is -0.0178. The lowest BCUT2D eigenvalue weighted by atomic mass is 10.0. The van der Waals surface area contributed by atoms with E-state index in [2.05, 4.69) is 28.2 Å². The fraction of sp³-hybridized carbons (Fsp3) is 0.385. The molecule has 2 aliphatic heterocycles. The van der Waals surface area contributed by atoms with E-state index in [1.165, 1.54) is 0 Å². The van der Waals surface area contributed by atoms with E-state index in [1.54, 1.807) is 19.3 Å². The van der Waals surface area contributed by atoms with Crippen LogP contribution in [0.5, 0.6) is 0 Å². The van der Waals surface area contributed by atoms with Crippen LogP contribution in [-0.2, 0) is 11.8 Å². The molecule has 0 spiro atoms. The number of fused-ring (bicyclic) bond motifs is 2. The molecule has 3 N–H and O–H groups in total. The molecular weight excluding hydrogens is 440 g/mol. The molecule has 1 aromatic carbocycles. The summed E-state index contributed by atoms with van der Waals surface area (Å²) in [5, 5.41) is 9.23. The minimum absolute atomic E-state index is 0.0169. The van der Waals surface area contributed by atoms with Crippen LogP contribution in [0.4, 0.5) is 17.2 Å². The first-order valence-corrected chi connectivity index (χ1v) is 12.1. The van der Waals surface area contributed by atoms with Gasteiger partial charge in [-0.15, -0.1) is 0 Å². The summed E-state index contributed by atoms with van der Waals surface area (Å²) >= 11 is 0. The third-order valence-corrected chi connectivity index (χ3v) is 6.89. The van der Waals surface area contributed by atoms with Gasteiger partial charge in [-0.3, -0.25) is 19.5 Å². The number of hydrogen-bond acceptors (Lipinski definition) is 7. The van der Waals surface area contributed by atoms with Crippen molar-refractivity contribution in [1.29, 1.82) is 0 Å². The number of aryl methyl sites for hydroxylation is 1. The van der Waals surface area contributed by atoms with E-state index in [1.807, 2.05) is 47.2 Å². The number of hydrogen-bond donors (Lipinski definition) is 2. The van der Waals surface area contributed by atoms with Crippen molar-refractivity contribution < 1.29 is 4.79 Å². The maximum atomic E-state index is 12.6. The molecule has 0 aliphatic carbocycles. The summed E-state index contributed by atoms with van der Waals surface area (Å²) < 4.78 is 1.85. The molecule has 0 unspecified atom stereocenters. The first kappa shape index (κ1) is 23.0. The van der Waals surface area contributed by atoms with Crippen molar-refractivity contribution in [2.24, 2.45) is 17.8 Å². The summed E-state index contributed by atoms with van der Waals surface area (Å²) in [5.74, 6) is 0.864. The Hall–Kier alpha value is -3.72. The molecule has 9 heteroatoms. The summed E-state index contributed by atoms with van der Waals surface area (Å²) in [7, 11) is 1.92. The topological polar surface area (TPSA) is 105 Å². The Morgan fingerprint density at radius 2 is 2.03 bits per heavy atom. The maximum absolute atomic E-state index is 12.6. The molecule has 35 heavy (non-hydrogen) atoms. The van der Waals surface area contributed by atoms with E-state index in [9.17, 15) is 4.79 Å². The van der Waals surface area contributed by atoms with Gasteiger partial charge >= 0.3 is 0 Å². The number of anilines is 3. The summed E-state index contributed by atoms with van der Waals surface area (Å²) in [6.45, 7) is 6.28. The summed E-state index contributed by atoms with van der Waals surface area (Å²) in [6, 6.07) is 8.38. The van der Waals surface area contributed by atoms with Crippen molar-refractivity contribution >= 4 is 45.8 Å². The predicted molar refractivity (Wildman–Crippen MR) is 141 cm³/mol. The van der Waals surface area contributed by atoms with Crippen molar-refractivity contribution in [2.75, 3.05) is 29.4 Å². The van der Waals surface area contributed by atoms with E-state index in [-0.39, 0.29) is 11.9 Å². The average molecular weight is 473 g/mol. The molecule has 2 aromatic heterocycles. The van der Waals surface area contributed by atoms with E-state index in [4.69, 9.17) is 15.8 Å². The van der Waals surface area contributed by atoms with Crippen LogP contribution in [0.1, 0.15) is 32.3 Å². The monoisotopic (exact) mass is 472 g/mol. The Morgan fingerprint density at radius 3 is 2.77 bits per heavy atom. The number of amides is 1. The van der Waals surface area contributed by atoms with Gasteiger partial charge in [-0.2, -0.15) is 5.10 Å². The van der Waals surface area contributed by atoms with Crippen molar-refractivity contribution in [3.63, 3.8) is 0 Å². The molecule has 182 valence electrons. The lowest BCUT2D eigenvalue weighted by Gasteiger charge is -2.41. The molecule has 0 saturated carbocycles. The number of nitrogens with zero attached hydrogens (tertiary/aromatic N) is 6. The van der Waals surface area contributed by atoms with Gasteiger partial charge in [0.2, 0.25) is 5.91 Å². The minimum Gasteiger partial charge on any atom is -0.404 e. The smallest absolute Gasteiger partial charge is 0.224 e. The zero-order valence-electron chi connectivity index (χ0n) is 20.5. The van der Waals surface area contributed by atoms with Crippen molar-refractivity contribution in [3.8, 4) is 0 Å². The number of carbonyl (C=O) groups is 1. The van der Waals surface area contributed by atoms with Crippen LogP contribution in [0, 0.1) is 0 Å². The number of benzene rings is 1. The molecule has 4 heterocycles. The second-order valence-corrected chi connectivity index (χ2v) is 9.27. The van der Waals surface area contributed by atoms with Crippen molar-refractivity contribution in [2.45, 2.75) is 38.8 Å². The second kappa shape index (κ2) is 9.50. The van der Waals surface area contributed by atoms with Crippen LogP contribution in [0.2, 0.25) is 0 Å². The lowest BCUT2D eigenvalue weighted by Crippen LogP contribution is -2.48. The number of nitrogens with one attached hydrogen (secondary N) is 1. The third kappa shape index (κ3) is 4.27. The van der Waals surface area contributed by atoms with Gasteiger partial charge in [0.15, 0.2) is 5.82 Å². The van der Waals surface area contributed by atoms with Gasteiger partial charge in [0.25, 0.3) is 0 Å². The largest absolute Gasteiger partial charge is 0.404 e. The highest BCUT2D eigenvalue weighted by atomic mass is 16.2. The zero-order chi connectivity index (χ0) is 24.5. The van der Waals surface area contributed by atoms with Gasteiger partial charge in [0.1, 0.15) is 0 Å². The average Bonchev–Trinajstić information content (AvgIpc) is 3.20. The van der Waals surface area contributed by atoms with E-state index in [0.717, 1.165) is 65.2 Å². The van der Waals surface area contributed by atoms with Crippen LogP contribution < -0.4 is 20.9 Å². The second-order valence-electron chi connectivity index (χ2n) is 9.27. The molecule has 3 aromatic rings. The highest BCUT2D eigenvalue weighted by Gasteiger charge is 2.33. The zero-order valence-corrected chi connectivity index (χ0v) is 20.5. The van der Waals surface area contributed by atoms with Gasteiger partial charge in [0.05, 0.1) is 35.2 Å². The predicted octanol–water partition coefficient (Wildman–Crippen LogP) is 2.98. The Morgan fingerprint density at radius 1 is 1.23 bits per heavy atom. The van der Waals surface area contributed by atoms with Gasteiger partial charge < -0.3 is 20.9 Å². The number of aliphatic imine (C=N–C) groups is 1. The van der Waals surface area contributed by atoms with E-state index in [0.29, 0.717) is 12.6 Å². The molecule has 1 atom stereocenters. The molecular formula is C26H32N8O. The molecule has 0 radical (unpaired) electrons. The first-order chi connectivity index (χ1) is 17.0. The first-order valence-electron chi connectivity index (χ1n) is 12.1. The SMILES string of the molecule is CC(=O)N1c2ccc(/C(C=NC3CCNCC3)=C/N)cc2N(c2nn(C)c3cnccc23)C[C@@H]1C. The standard InChI is InChI=1S/C26H32N8O/c1-17-16-33(26-22-8-11-29-15-25(22)32(3)31-26)24-12-19(4-5-23(24)34(17)18(2)35)20(13-27)14-30-21-6-9-28-10-7-21/h4-5,8,11-15,17,21,28H,6-7,9-10,16,27H2,1-3H3/b20-13+,30-14?/t17-/m0/s1. The van der Waals surface area contributed by atoms with Crippen LogP contribution in [0.15, 0.2) is 47.9 Å². The van der Waals surface area contributed by atoms with Crippen molar-refractivity contribution in [3.05, 3.63) is 48.4 Å². The van der Waals surface area contributed by atoms with Crippen LogP contribution in [0.3, 0.4) is 0 Å². The summed E-state index contributed by atoms with van der Waals surface area (Å²) in [6.07, 6.45) is 9.15. The number of nitrogens with two attached hydrogens (primary N) is 1. The van der Waals surface area contributed by atoms with Crippen molar-refractivity contribution in [1.82, 2.24) is 20.1 Å². The highest BCUT2D eigenvalue weighted by Crippen LogP contribution is 2.42. The molecule has 2 aliphatic rings. The highest BCUT2D eigenvalue weighted by molar-refractivity contribution is 6.11. The molecule has 1 amide bonds. The molecule has 9 nitrogen and oxygen atoms in total. The molecule has 1 saturated heterocycles. The summed E-state index contributed by atoms with van der Waals surface area (Å²) in [4.78, 5) is 25.7. The molecule has 0 bridgehead atoms. The fourth-order valence-corrected chi connectivity index (χ4v) is 5.12. The van der Waals surface area contributed by atoms with Gasteiger partial charge in [-0.1, -0.05) is 6.07 Å². The maximum Gasteiger partial charge on any atom is 0.224 e. The number of pyridine rings is 1. The normalized spacial score (nSPS) is 19.5. The third-order valence-electron chi connectivity index (χ3n) is 6.89. The number of rotatable bonds is 4. The summed E-state index contributed by atoms with van der Waals surface area (Å²) in [5.41, 5.74) is 10.6. The Bertz CT molecular complexity index is 1300. The molecule has 1 fully saturated rings. The van der Waals surface area contributed by atoms with Gasteiger partial charge in [-0.05, 0) is 56.6 Å². The van der Waals surface area contributed by atoms with Gasteiger partial charge in [-0.25, -0.2) is 0 Å². The number of piperidine rings is 1. The number of carbonyl (C=O) groups excluding carboxylic acids is 1. The van der Waals surface area contributed by atoms with Crippen LogP contribution in [-0.4, -0.2) is 58.6 Å². The number of aromatic nitrogens is 3. The lowest BCUT2D eigenvalue weighted by molar-refractivity contribution is -0.117. The van der Waals surface area contributed by atoms with E-state index < -0.39 is 0 Å². The fourth-order valence-electron chi connectivity index (χ4n) is 5.12.